The minimum atomic E-state index is -3.25. The molecule has 0 amide bonds. The highest BCUT2D eigenvalue weighted by molar-refractivity contribution is 7.89. The molecule has 140 valence electrons. The van der Waals surface area contributed by atoms with Gasteiger partial charge in [0, 0.05) is 32.0 Å². The molecule has 0 radical (unpaired) electrons. The molecule has 0 saturated carbocycles. The van der Waals surface area contributed by atoms with Crippen molar-refractivity contribution in [1.29, 1.82) is 0 Å². The fourth-order valence-corrected chi connectivity index (χ4v) is 3.25. The lowest BCUT2D eigenvalue weighted by Gasteiger charge is -2.14. The van der Waals surface area contributed by atoms with Crippen molar-refractivity contribution in [1.82, 2.24) is 10.6 Å². The molecule has 0 aromatic heterocycles. The highest BCUT2D eigenvalue weighted by atomic mass is 32.2. The van der Waals surface area contributed by atoms with Gasteiger partial charge in [-0.15, -0.1) is 0 Å². The van der Waals surface area contributed by atoms with Crippen LogP contribution in [0.5, 0.6) is 0 Å². The van der Waals surface area contributed by atoms with E-state index < -0.39 is 15.7 Å². The van der Waals surface area contributed by atoms with E-state index in [1.54, 1.807) is 25.2 Å². The lowest BCUT2D eigenvalue weighted by molar-refractivity contribution is 0.599. The number of benzene rings is 2. The molecule has 0 heterocycles. The standard InChI is InChI=1S/C18H21F2N3O2S/c1-21-18(22-10-13-5-3-4-6-17(13)20)23-11-15-9-16(19)8-7-14(15)12-26(2,24)25/h3-9H,10-12H2,1-2H3,(H2,21,22,23). The second-order valence-corrected chi connectivity index (χ2v) is 7.99. The Hall–Kier alpha value is -2.48. The molecule has 2 aromatic rings. The molecule has 0 bridgehead atoms. The maximum absolute atomic E-state index is 13.7. The summed E-state index contributed by atoms with van der Waals surface area (Å²) in [6, 6.07) is 10.4. The Morgan fingerprint density at radius 2 is 1.65 bits per heavy atom. The Bertz CT molecular complexity index is 899. The second kappa shape index (κ2) is 8.75. The summed E-state index contributed by atoms with van der Waals surface area (Å²) in [6.45, 7) is 0.408. The molecule has 0 atom stereocenters. The van der Waals surface area contributed by atoms with Crippen LogP contribution in [-0.2, 0) is 28.7 Å². The van der Waals surface area contributed by atoms with Crippen molar-refractivity contribution in [3.63, 3.8) is 0 Å². The van der Waals surface area contributed by atoms with Gasteiger partial charge in [0.15, 0.2) is 15.8 Å². The minimum Gasteiger partial charge on any atom is -0.352 e. The number of hydrogen-bond donors (Lipinski definition) is 2. The van der Waals surface area contributed by atoms with E-state index >= 15 is 0 Å². The molecule has 8 heteroatoms. The molecule has 0 aliphatic carbocycles. The summed E-state index contributed by atoms with van der Waals surface area (Å²) in [7, 11) is -1.69. The summed E-state index contributed by atoms with van der Waals surface area (Å²) in [6.07, 6.45) is 1.13. The lowest BCUT2D eigenvalue weighted by Crippen LogP contribution is -2.36. The highest BCUT2D eigenvalue weighted by Gasteiger charge is 2.11. The quantitative estimate of drug-likeness (QED) is 0.595. The molecule has 2 N–H and O–H groups in total. The number of rotatable bonds is 6. The smallest absolute Gasteiger partial charge is 0.191 e. The molecule has 0 unspecified atom stereocenters. The third kappa shape index (κ3) is 6.11. The molecule has 0 fully saturated rings. The van der Waals surface area contributed by atoms with E-state index in [1.165, 1.54) is 24.3 Å². The summed E-state index contributed by atoms with van der Waals surface area (Å²) in [5, 5.41) is 5.95. The van der Waals surface area contributed by atoms with Crippen molar-refractivity contribution < 1.29 is 17.2 Å². The Morgan fingerprint density at radius 1 is 1.00 bits per heavy atom. The number of halogens is 2. The number of aliphatic imine (C=N–C) groups is 1. The third-order valence-electron chi connectivity index (χ3n) is 3.66. The minimum absolute atomic E-state index is 0.175. The number of nitrogens with zero attached hydrogens (tertiary/aromatic N) is 1. The Kier molecular flexibility index (Phi) is 6.68. The average Bonchev–Trinajstić information content (AvgIpc) is 2.57. The van der Waals surface area contributed by atoms with Gasteiger partial charge in [-0.2, -0.15) is 0 Å². The van der Waals surface area contributed by atoms with E-state index in [0.717, 1.165) is 6.26 Å². The van der Waals surface area contributed by atoms with Crippen LogP contribution >= 0.6 is 0 Å². The number of sulfone groups is 1. The van der Waals surface area contributed by atoms with E-state index in [1.807, 2.05) is 0 Å². The number of guanidine groups is 1. The summed E-state index contributed by atoms with van der Waals surface area (Å²) < 4.78 is 50.3. The van der Waals surface area contributed by atoms with Crippen LogP contribution in [0.2, 0.25) is 0 Å². The molecule has 5 nitrogen and oxygen atoms in total. The van der Waals surface area contributed by atoms with Gasteiger partial charge in [-0.05, 0) is 29.3 Å². The van der Waals surface area contributed by atoms with Crippen LogP contribution in [0, 0.1) is 11.6 Å². The predicted octanol–water partition coefficient (Wildman–Crippen LogP) is 2.37. The first kappa shape index (κ1) is 19.8. The SMILES string of the molecule is CN=C(NCc1ccccc1F)NCc1cc(F)ccc1CS(C)(=O)=O. The zero-order valence-electron chi connectivity index (χ0n) is 14.6. The Balaban J connectivity index is 2.04. The van der Waals surface area contributed by atoms with Crippen molar-refractivity contribution in [2.24, 2.45) is 4.99 Å². The average molecular weight is 381 g/mol. The van der Waals surface area contributed by atoms with E-state index in [0.29, 0.717) is 22.6 Å². The lowest BCUT2D eigenvalue weighted by atomic mass is 10.1. The van der Waals surface area contributed by atoms with Crippen LogP contribution in [0.15, 0.2) is 47.5 Å². The molecular formula is C18H21F2N3O2S. The maximum Gasteiger partial charge on any atom is 0.191 e. The van der Waals surface area contributed by atoms with Crippen molar-refractivity contribution in [2.45, 2.75) is 18.8 Å². The molecule has 2 aromatic carbocycles. The molecule has 0 aliphatic heterocycles. The normalized spacial score (nSPS) is 12.1. The van der Waals surface area contributed by atoms with E-state index in [-0.39, 0.29) is 24.7 Å². The first-order chi connectivity index (χ1) is 12.3. The van der Waals surface area contributed by atoms with Gasteiger partial charge in [-0.3, -0.25) is 4.99 Å². The van der Waals surface area contributed by atoms with Gasteiger partial charge < -0.3 is 10.6 Å². The van der Waals surface area contributed by atoms with Crippen LogP contribution in [0.3, 0.4) is 0 Å². The Morgan fingerprint density at radius 3 is 2.27 bits per heavy atom. The summed E-state index contributed by atoms with van der Waals surface area (Å²) in [5.74, 6) is -0.557. The maximum atomic E-state index is 13.7. The molecule has 0 saturated heterocycles. The van der Waals surface area contributed by atoms with Gasteiger partial charge >= 0.3 is 0 Å². The van der Waals surface area contributed by atoms with Crippen LogP contribution < -0.4 is 10.6 Å². The van der Waals surface area contributed by atoms with Gasteiger partial charge in [0.1, 0.15) is 11.6 Å². The summed E-state index contributed by atoms with van der Waals surface area (Å²) >= 11 is 0. The van der Waals surface area contributed by atoms with Crippen molar-refractivity contribution in [2.75, 3.05) is 13.3 Å². The first-order valence-electron chi connectivity index (χ1n) is 7.91. The molecule has 0 spiro atoms. The number of nitrogens with one attached hydrogen (secondary N) is 2. The van der Waals surface area contributed by atoms with Crippen molar-refractivity contribution >= 4 is 15.8 Å². The zero-order chi connectivity index (χ0) is 19.2. The van der Waals surface area contributed by atoms with Crippen LogP contribution in [-0.4, -0.2) is 27.7 Å². The summed E-state index contributed by atoms with van der Waals surface area (Å²) in [4.78, 5) is 4.03. The van der Waals surface area contributed by atoms with Gasteiger partial charge in [0.2, 0.25) is 0 Å². The fraction of sp³-hybridized carbons (Fsp3) is 0.278. The second-order valence-electron chi connectivity index (χ2n) is 5.85. The van der Waals surface area contributed by atoms with Crippen molar-refractivity contribution in [3.05, 3.63) is 70.8 Å². The third-order valence-corrected chi connectivity index (χ3v) is 4.50. The first-order valence-corrected chi connectivity index (χ1v) is 9.97. The largest absolute Gasteiger partial charge is 0.352 e. The van der Waals surface area contributed by atoms with Gasteiger partial charge in [-0.25, -0.2) is 17.2 Å². The van der Waals surface area contributed by atoms with Crippen LogP contribution in [0.4, 0.5) is 8.78 Å². The van der Waals surface area contributed by atoms with Crippen LogP contribution in [0.25, 0.3) is 0 Å². The molecule has 26 heavy (non-hydrogen) atoms. The topological polar surface area (TPSA) is 70.6 Å². The molecular weight excluding hydrogens is 360 g/mol. The number of hydrogen-bond acceptors (Lipinski definition) is 3. The highest BCUT2D eigenvalue weighted by Crippen LogP contribution is 2.14. The van der Waals surface area contributed by atoms with Gasteiger partial charge in [-0.1, -0.05) is 24.3 Å². The van der Waals surface area contributed by atoms with E-state index in [2.05, 4.69) is 15.6 Å². The molecule has 2 rings (SSSR count). The van der Waals surface area contributed by atoms with E-state index in [9.17, 15) is 17.2 Å². The summed E-state index contributed by atoms with van der Waals surface area (Å²) in [5.41, 5.74) is 1.52. The van der Waals surface area contributed by atoms with Gasteiger partial charge in [0.25, 0.3) is 0 Å². The predicted molar refractivity (Wildman–Crippen MR) is 98.4 cm³/mol. The van der Waals surface area contributed by atoms with Crippen LogP contribution in [0.1, 0.15) is 16.7 Å². The molecule has 0 aliphatic rings. The Labute approximate surface area is 152 Å². The van der Waals surface area contributed by atoms with E-state index in [4.69, 9.17) is 0 Å². The zero-order valence-corrected chi connectivity index (χ0v) is 15.4. The fourth-order valence-electron chi connectivity index (χ4n) is 2.40. The van der Waals surface area contributed by atoms with Crippen molar-refractivity contribution in [3.8, 4) is 0 Å². The van der Waals surface area contributed by atoms with Gasteiger partial charge in [0.05, 0.1) is 5.75 Å². The monoisotopic (exact) mass is 381 g/mol.